The molecule has 0 unspecified atom stereocenters. The van der Waals surface area contributed by atoms with Crippen molar-refractivity contribution >= 4 is 28.6 Å². The molecule has 26 heavy (non-hydrogen) atoms. The van der Waals surface area contributed by atoms with Crippen molar-refractivity contribution in [3.8, 4) is 11.5 Å². The first-order valence-electron chi connectivity index (χ1n) is 7.50. The van der Waals surface area contributed by atoms with Gasteiger partial charge in [-0.25, -0.2) is 9.36 Å². The van der Waals surface area contributed by atoms with E-state index in [2.05, 4.69) is 21.0 Å². The standard InChI is InChI=1S/C16H13F2N4O3S/c1-10-8-22(11-3-4-12-13(7-11)25-16(17,18)24-12)15(26-10)19-14(23)21-6-5-20(2)9-21/h3-7,9H,1,8H2,2H3/q+1. The number of rotatable bonds is 1. The predicted octanol–water partition coefficient (Wildman–Crippen LogP) is 2.73. The summed E-state index contributed by atoms with van der Waals surface area (Å²) in [5.41, 5.74) is 0.542. The van der Waals surface area contributed by atoms with Crippen LogP contribution in [0, 0.1) is 0 Å². The minimum Gasteiger partial charge on any atom is -0.395 e. The molecular weight excluding hydrogens is 366 g/mol. The molecule has 0 aliphatic carbocycles. The fourth-order valence-electron chi connectivity index (χ4n) is 2.55. The SMILES string of the molecule is C=C1CN(c2ccc3c(c2)OC(F)(F)O3)C(=NC(=O)n2cc[n+](C)c2)S1. The fourth-order valence-corrected chi connectivity index (χ4v) is 3.41. The van der Waals surface area contributed by atoms with Gasteiger partial charge in [-0.15, -0.1) is 18.3 Å². The number of hydrogen-bond donors (Lipinski definition) is 0. The van der Waals surface area contributed by atoms with Crippen molar-refractivity contribution in [2.45, 2.75) is 6.29 Å². The molecule has 0 radical (unpaired) electrons. The Labute approximate surface area is 151 Å². The number of amides is 1. The topological polar surface area (TPSA) is 59.9 Å². The van der Waals surface area contributed by atoms with Gasteiger partial charge in [0.15, 0.2) is 16.7 Å². The highest BCUT2D eigenvalue weighted by atomic mass is 32.2. The normalized spacial score (nSPS) is 19.4. The average molecular weight is 379 g/mol. The number of hydrogen-bond acceptors (Lipinski definition) is 4. The first kappa shape index (κ1) is 16.6. The minimum absolute atomic E-state index is 0.0427. The van der Waals surface area contributed by atoms with Crippen LogP contribution in [0.5, 0.6) is 11.5 Å². The number of anilines is 1. The van der Waals surface area contributed by atoms with Crippen molar-refractivity contribution in [1.82, 2.24) is 4.57 Å². The summed E-state index contributed by atoms with van der Waals surface area (Å²) in [6.07, 6.45) is 1.22. The quantitative estimate of drug-likeness (QED) is 0.713. The highest BCUT2D eigenvalue weighted by molar-refractivity contribution is 8.18. The molecule has 10 heteroatoms. The van der Waals surface area contributed by atoms with Gasteiger partial charge in [0.05, 0.1) is 13.6 Å². The molecule has 1 amide bonds. The Hall–Kier alpha value is -2.88. The Bertz CT molecular complexity index is 957. The Morgan fingerprint density at radius 3 is 2.88 bits per heavy atom. The van der Waals surface area contributed by atoms with Crippen LogP contribution in [0.25, 0.3) is 0 Å². The Morgan fingerprint density at radius 1 is 1.38 bits per heavy atom. The third-order valence-corrected chi connectivity index (χ3v) is 4.59. The fraction of sp³-hybridized carbons (Fsp3) is 0.188. The van der Waals surface area contributed by atoms with E-state index in [4.69, 9.17) is 0 Å². The maximum atomic E-state index is 13.2. The zero-order valence-corrected chi connectivity index (χ0v) is 14.4. The van der Waals surface area contributed by atoms with Crippen LogP contribution in [0.15, 0.2) is 53.4 Å². The first-order chi connectivity index (χ1) is 12.3. The summed E-state index contributed by atoms with van der Waals surface area (Å²) in [4.78, 5) is 18.9. The number of halogens is 2. The Balaban J connectivity index is 1.64. The van der Waals surface area contributed by atoms with E-state index < -0.39 is 12.3 Å². The molecule has 3 heterocycles. The van der Waals surface area contributed by atoms with Gasteiger partial charge in [-0.1, -0.05) is 18.3 Å². The molecule has 0 bridgehead atoms. The number of aryl methyl sites for hydroxylation is 1. The summed E-state index contributed by atoms with van der Waals surface area (Å²) in [6, 6.07) is 3.94. The number of carbonyl (C=O) groups excluding carboxylic acids is 1. The van der Waals surface area contributed by atoms with Gasteiger partial charge >= 0.3 is 12.3 Å². The summed E-state index contributed by atoms with van der Waals surface area (Å²) in [5.74, 6) is -0.114. The molecule has 2 aliphatic rings. The molecule has 134 valence electrons. The second kappa shape index (κ2) is 5.84. The highest BCUT2D eigenvalue weighted by Gasteiger charge is 2.43. The van der Waals surface area contributed by atoms with E-state index >= 15 is 0 Å². The van der Waals surface area contributed by atoms with Crippen molar-refractivity contribution in [3.63, 3.8) is 0 Å². The second-order valence-corrected chi connectivity index (χ2v) is 6.84. The third-order valence-electron chi connectivity index (χ3n) is 3.68. The molecule has 1 saturated heterocycles. The predicted molar refractivity (Wildman–Crippen MR) is 90.6 cm³/mol. The molecule has 0 atom stereocenters. The largest absolute Gasteiger partial charge is 0.586 e. The number of aliphatic imine (C=N–C) groups is 1. The molecular formula is C16H13F2N4O3S+. The number of thioether (sulfide) groups is 1. The number of carbonyl (C=O) groups is 1. The van der Waals surface area contributed by atoms with Crippen LogP contribution in [0.3, 0.4) is 0 Å². The van der Waals surface area contributed by atoms with Gasteiger partial charge in [0.1, 0.15) is 12.4 Å². The van der Waals surface area contributed by atoms with E-state index in [-0.39, 0.29) is 11.5 Å². The van der Waals surface area contributed by atoms with Gasteiger partial charge in [-0.05, 0) is 12.1 Å². The average Bonchev–Trinajstić information content (AvgIpc) is 3.22. The minimum atomic E-state index is -3.68. The summed E-state index contributed by atoms with van der Waals surface area (Å²) in [6.45, 7) is 4.30. The van der Waals surface area contributed by atoms with E-state index in [0.717, 1.165) is 4.91 Å². The molecule has 4 rings (SSSR count). The van der Waals surface area contributed by atoms with Crippen LogP contribution in [-0.2, 0) is 7.05 Å². The van der Waals surface area contributed by atoms with Crippen LogP contribution in [0.2, 0.25) is 0 Å². The molecule has 0 spiro atoms. The lowest BCUT2D eigenvalue weighted by molar-refractivity contribution is -0.670. The molecule has 2 aromatic rings. The summed E-state index contributed by atoms with van der Waals surface area (Å²) in [7, 11) is 1.79. The smallest absolute Gasteiger partial charge is 0.395 e. The third kappa shape index (κ3) is 3.03. The number of alkyl halides is 2. The summed E-state index contributed by atoms with van der Waals surface area (Å²) >= 11 is 1.25. The van der Waals surface area contributed by atoms with Crippen molar-refractivity contribution in [3.05, 3.63) is 48.4 Å². The van der Waals surface area contributed by atoms with Gasteiger partial charge in [0.2, 0.25) is 0 Å². The van der Waals surface area contributed by atoms with Crippen molar-refractivity contribution in [1.29, 1.82) is 0 Å². The highest BCUT2D eigenvalue weighted by Crippen LogP contribution is 2.44. The van der Waals surface area contributed by atoms with Gasteiger partial charge in [-0.2, -0.15) is 0 Å². The molecule has 0 saturated carbocycles. The monoisotopic (exact) mass is 379 g/mol. The molecule has 7 nitrogen and oxygen atoms in total. The van der Waals surface area contributed by atoms with Crippen LogP contribution < -0.4 is 18.9 Å². The molecule has 2 aliphatic heterocycles. The number of benzene rings is 1. The maximum Gasteiger partial charge on any atom is 0.586 e. The molecule has 1 aromatic carbocycles. The molecule has 1 fully saturated rings. The lowest BCUT2D eigenvalue weighted by Crippen LogP contribution is -2.26. The van der Waals surface area contributed by atoms with E-state index in [0.29, 0.717) is 17.4 Å². The van der Waals surface area contributed by atoms with E-state index in [9.17, 15) is 13.6 Å². The lowest BCUT2D eigenvalue weighted by atomic mass is 10.2. The lowest BCUT2D eigenvalue weighted by Gasteiger charge is -2.17. The van der Waals surface area contributed by atoms with Crippen LogP contribution in [0.4, 0.5) is 19.3 Å². The van der Waals surface area contributed by atoms with E-state index in [1.807, 2.05) is 0 Å². The molecule has 0 N–H and O–H groups in total. The summed E-state index contributed by atoms with van der Waals surface area (Å²) in [5, 5.41) is 0.405. The van der Waals surface area contributed by atoms with Crippen LogP contribution in [-0.4, -0.2) is 28.6 Å². The van der Waals surface area contributed by atoms with Crippen molar-refractivity contribution < 1.29 is 27.6 Å². The Kier molecular flexibility index (Phi) is 3.72. The number of imidazole rings is 1. The number of nitrogens with zero attached hydrogens (tertiary/aromatic N) is 4. The maximum absolute atomic E-state index is 13.2. The Morgan fingerprint density at radius 2 is 2.15 bits per heavy atom. The van der Waals surface area contributed by atoms with Crippen molar-refractivity contribution in [2.24, 2.45) is 12.0 Å². The number of aromatic nitrogens is 2. The van der Waals surface area contributed by atoms with Gasteiger partial charge in [0, 0.05) is 16.7 Å². The van der Waals surface area contributed by atoms with E-state index in [1.165, 1.54) is 28.5 Å². The van der Waals surface area contributed by atoms with Crippen LogP contribution in [0.1, 0.15) is 0 Å². The summed E-state index contributed by atoms with van der Waals surface area (Å²) < 4.78 is 38.3. The first-order valence-corrected chi connectivity index (χ1v) is 8.32. The zero-order valence-electron chi connectivity index (χ0n) is 13.6. The van der Waals surface area contributed by atoms with Crippen LogP contribution >= 0.6 is 11.8 Å². The number of fused-ring (bicyclic) bond motifs is 1. The van der Waals surface area contributed by atoms with E-state index in [1.54, 1.807) is 41.3 Å². The number of amidine groups is 1. The zero-order chi connectivity index (χ0) is 18.5. The van der Waals surface area contributed by atoms with Crippen molar-refractivity contribution in [2.75, 3.05) is 11.4 Å². The second-order valence-electron chi connectivity index (χ2n) is 5.69. The van der Waals surface area contributed by atoms with Gasteiger partial charge < -0.3 is 14.4 Å². The van der Waals surface area contributed by atoms with Gasteiger partial charge in [-0.3, -0.25) is 0 Å². The van der Waals surface area contributed by atoms with Gasteiger partial charge in [0.25, 0.3) is 6.33 Å². The number of ether oxygens (including phenoxy) is 2. The molecule has 1 aromatic heterocycles.